The van der Waals surface area contributed by atoms with E-state index in [1.165, 1.54) is 0 Å². The predicted octanol–water partition coefficient (Wildman–Crippen LogP) is 2.99. The number of aromatic nitrogens is 2. The molecule has 5 nitrogen and oxygen atoms in total. The van der Waals surface area contributed by atoms with Gasteiger partial charge in [-0.05, 0) is 12.1 Å². The van der Waals surface area contributed by atoms with Crippen molar-refractivity contribution in [1.29, 1.82) is 0 Å². The second kappa shape index (κ2) is 5.16. The number of thiocarbonyl (C=S) groups is 1. The van der Waals surface area contributed by atoms with Gasteiger partial charge in [0.15, 0.2) is 5.69 Å². The van der Waals surface area contributed by atoms with Gasteiger partial charge in [-0.15, -0.1) is 0 Å². The summed E-state index contributed by atoms with van der Waals surface area (Å²) in [6.45, 7) is 6.51. The number of rotatable bonds is 1. The van der Waals surface area contributed by atoms with E-state index in [0.29, 0.717) is 17.2 Å². The average Bonchev–Trinajstić information content (AvgIpc) is 2.81. The van der Waals surface area contributed by atoms with Crippen molar-refractivity contribution in [2.24, 2.45) is 0 Å². The Morgan fingerprint density at radius 2 is 1.96 bits per heavy atom. The molecule has 0 fully saturated rings. The molecule has 2 heterocycles. The number of hydrogen-bond donors (Lipinski definition) is 1. The van der Waals surface area contributed by atoms with Crippen molar-refractivity contribution < 1.29 is 9.90 Å². The highest BCUT2D eigenvalue weighted by Gasteiger charge is 2.33. The molecule has 0 atom stereocenters. The highest BCUT2D eigenvalue weighted by atomic mass is 32.1. The monoisotopic (exact) mass is 329 g/mol. The number of aromatic carboxylic acids is 1. The molecule has 23 heavy (non-hydrogen) atoms. The Bertz CT molecular complexity index is 818. The van der Waals surface area contributed by atoms with Crippen LogP contribution in [0.1, 0.15) is 48.3 Å². The van der Waals surface area contributed by atoms with Crippen molar-refractivity contribution in [3.63, 3.8) is 0 Å². The van der Waals surface area contributed by atoms with Crippen LogP contribution < -0.4 is 0 Å². The normalized spacial score (nSPS) is 14.3. The van der Waals surface area contributed by atoms with Crippen LogP contribution in [0.4, 0.5) is 0 Å². The van der Waals surface area contributed by atoms with Gasteiger partial charge in [-0.25, -0.2) is 9.78 Å². The Morgan fingerprint density at radius 3 is 2.57 bits per heavy atom. The minimum absolute atomic E-state index is 0.0984. The Kier molecular flexibility index (Phi) is 3.52. The second-order valence-electron chi connectivity index (χ2n) is 6.80. The smallest absolute Gasteiger partial charge is 0.356 e. The van der Waals surface area contributed by atoms with Crippen LogP contribution in [0, 0.1) is 0 Å². The largest absolute Gasteiger partial charge is 0.476 e. The summed E-state index contributed by atoms with van der Waals surface area (Å²) in [6.07, 6.45) is 0. The molecule has 0 radical (unpaired) electrons. The highest BCUT2D eigenvalue weighted by molar-refractivity contribution is 7.80. The molecule has 2 aromatic rings. The van der Waals surface area contributed by atoms with Crippen molar-refractivity contribution >= 4 is 23.2 Å². The highest BCUT2D eigenvalue weighted by Crippen LogP contribution is 2.33. The van der Waals surface area contributed by atoms with E-state index in [1.807, 2.05) is 61.6 Å². The number of hydrogen-bond acceptors (Lipinski definition) is 3. The Hall–Kier alpha value is -2.21. The summed E-state index contributed by atoms with van der Waals surface area (Å²) in [5, 5.41) is 9.58. The molecular weight excluding hydrogens is 310 g/mol. The summed E-state index contributed by atoms with van der Waals surface area (Å²) in [4.78, 5) is 18.8. The van der Waals surface area contributed by atoms with E-state index in [-0.39, 0.29) is 11.1 Å². The van der Waals surface area contributed by atoms with Crippen LogP contribution in [0.5, 0.6) is 0 Å². The molecule has 0 saturated carbocycles. The molecule has 1 aromatic heterocycles. The SMILES string of the molecule is CN1Cc2c(C(=O)O)nc(C(C)(C)C)n2-c2ccccc2C1=S. The van der Waals surface area contributed by atoms with Crippen LogP contribution >= 0.6 is 12.2 Å². The molecule has 0 amide bonds. The summed E-state index contributed by atoms with van der Waals surface area (Å²) in [7, 11) is 1.88. The van der Waals surface area contributed by atoms with Crippen molar-refractivity contribution in [3.05, 3.63) is 47.0 Å². The minimum Gasteiger partial charge on any atom is -0.476 e. The van der Waals surface area contributed by atoms with Gasteiger partial charge in [-0.2, -0.15) is 0 Å². The third kappa shape index (κ3) is 2.43. The Labute approximate surface area is 140 Å². The average molecular weight is 329 g/mol. The maximum atomic E-state index is 11.7. The molecular formula is C17H19N3O2S. The summed E-state index contributed by atoms with van der Waals surface area (Å²) >= 11 is 5.57. The third-order valence-corrected chi connectivity index (χ3v) is 4.49. The Balaban J connectivity index is 2.43. The molecule has 1 aliphatic heterocycles. The molecule has 3 rings (SSSR count). The number of carboxylic acids is 1. The van der Waals surface area contributed by atoms with Crippen LogP contribution in [-0.4, -0.2) is 37.6 Å². The topological polar surface area (TPSA) is 58.4 Å². The summed E-state index contributed by atoms with van der Waals surface area (Å²) in [5.41, 5.74) is 2.28. The van der Waals surface area contributed by atoms with Gasteiger partial charge in [0.2, 0.25) is 0 Å². The number of nitrogens with zero attached hydrogens (tertiary/aromatic N) is 3. The lowest BCUT2D eigenvalue weighted by Crippen LogP contribution is -2.24. The number of benzene rings is 1. The fourth-order valence-corrected chi connectivity index (χ4v) is 3.12. The van der Waals surface area contributed by atoms with Crippen molar-refractivity contribution in [3.8, 4) is 5.69 Å². The van der Waals surface area contributed by atoms with E-state index < -0.39 is 5.97 Å². The minimum atomic E-state index is -1.01. The second-order valence-corrected chi connectivity index (χ2v) is 7.19. The fourth-order valence-electron chi connectivity index (χ4n) is 2.89. The number of para-hydroxylation sites is 1. The van der Waals surface area contributed by atoms with E-state index in [0.717, 1.165) is 17.1 Å². The number of imidazole rings is 1. The first kappa shape index (κ1) is 15.7. The lowest BCUT2D eigenvalue weighted by atomic mass is 9.95. The van der Waals surface area contributed by atoms with Crippen LogP contribution in [-0.2, 0) is 12.0 Å². The maximum Gasteiger partial charge on any atom is 0.356 e. The third-order valence-electron chi connectivity index (χ3n) is 3.96. The Morgan fingerprint density at radius 1 is 1.30 bits per heavy atom. The molecule has 0 bridgehead atoms. The lowest BCUT2D eigenvalue weighted by molar-refractivity contribution is 0.0689. The molecule has 0 spiro atoms. The van der Waals surface area contributed by atoms with Gasteiger partial charge in [0.25, 0.3) is 0 Å². The molecule has 1 aromatic carbocycles. The van der Waals surface area contributed by atoms with Gasteiger partial charge in [0.05, 0.1) is 17.9 Å². The van der Waals surface area contributed by atoms with Gasteiger partial charge in [0.1, 0.15) is 10.8 Å². The quantitative estimate of drug-likeness (QED) is 0.815. The standard InChI is InChI=1S/C17H19N3O2S/c1-17(2,3)16-18-13(15(21)22)12-9-19(4)14(23)10-7-5-6-8-11(10)20(12)16/h5-8H,9H2,1-4H3,(H,21,22). The van der Waals surface area contributed by atoms with E-state index in [1.54, 1.807) is 0 Å². The van der Waals surface area contributed by atoms with E-state index in [9.17, 15) is 9.90 Å². The van der Waals surface area contributed by atoms with Gasteiger partial charge in [0, 0.05) is 18.0 Å². The number of fused-ring (bicyclic) bond motifs is 3. The van der Waals surface area contributed by atoms with Crippen molar-refractivity contribution in [2.45, 2.75) is 32.7 Å². The van der Waals surface area contributed by atoms with Gasteiger partial charge in [-0.3, -0.25) is 4.57 Å². The van der Waals surface area contributed by atoms with Crippen molar-refractivity contribution in [1.82, 2.24) is 14.5 Å². The fraction of sp³-hybridized carbons (Fsp3) is 0.353. The van der Waals surface area contributed by atoms with Crippen LogP contribution in [0.15, 0.2) is 24.3 Å². The molecule has 0 saturated heterocycles. The van der Waals surface area contributed by atoms with Gasteiger partial charge < -0.3 is 10.0 Å². The zero-order valence-electron chi connectivity index (χ0n) is 13.6. The van der Waals surface area contributed by atoms with Crippen LogP contribution in [0.3, 0.4) is 0 Å². The lowest BCUT2D eigenvalue weighted by Gasteiger charge is -2.21. The van der Waals surface area contributed by atoms with Crippen LogP contribution in [0.25, 0.3) is 5.69 Å². The van der Waals surface area contributed by atoms with Gasteiger partial charge in [-0.1, -0.05) is 45.1 Å². The van der Waals surface area contributed by atoms with E-state index in [2.05, 4.69) is 4.98 Å². The predicted molar refractivity (Wildman–Crippen MR) is 92.4 cm³/mol. The summed E-state index contributed by atoms with van der Waals surface area (Å²) < 4.78 is 1.97. The van der Waals surface area contributed by atoms with Gasteiger partial charge >= 0.3 is 5.97 Å². The number of carbonyl (C=O) groups is 1. The number of carboxylic acid groups (broad SMARTS) is 1. The zero-order valence-corrected chi connectivity index (χ0v) is 14.4. The first-order valence-corrected chi connectivity index (χ1v) is 7.83. The van der Waals surface area contributed by atoms with E-state index in [4.69, 9.17) is 12.2 Å². The molecule has 0 aliphatic carbocycles. The molecule has 1 aliphatic rings. The molecule has 1 N–H and O–H groups in total. The summed E-state index contributed by atoms with van der Waals surface area (Å²) in [6, 6.07) is 7.81. The molecule has 120 valence electrons. The maximum absolute atomic E-state index is 11.7. The molecule has 6 heteroatoms. The first-order valence-electron chi connectivity index (χ1n) is 7.42. The molecule has 0 unspecified atom stereocenters. The first-order chi connectivity index (χ1) is 10.7. The van der Waals surface area contributed by atoms with E-state index >= 15 is 0 Å². The summed E-state index contributed by atoms with van der Waals surface area (Å²) in [5.74, 6) is -0.279. The van der Waals surface area contributed by atoms with Crippen LogP contribution in [0.2, 0.25) is 0 Å². The zero-order chi connectivity index (χ0) is 16.9. The van der Waals surface area contributed by atoms with Crippen molar-refractivity contribution in [2.75, 3.05) is 7.05 Å².